The Kier molecular flexibility index (Phi) is 8.44. The number of aromatic nitrogens is 2. The third-order valence-electron chi connectivity index (χ3n) is 8.50. The molecule has 4 nitrogen and oxygen atoms in total. The zero-order chi connectivity index (χ0) is 29.5. The zero-order valence-electron chi connectivity index (χ0n) is 25.6. The molecule has 0 saturated carbocycles. The van der Waals surface area contributed by atoms with Crippen molar-refractivity contribution in [2.45, 2.75) is 40.5 Å². The summed E-state index contributed by atoms with van der Waals surface area (Å²) >= 11 is 0. The van der Waals surface area contributed by atoms with Crippen LogP contribution in [0.25, 0.3) is 49.4 Å². The van der Waals surface area contributed by atoms with Gasteiger partial charge in [-0.3, -0.25) is 0 Å². The molecular formula is C39H35IrN4. The van der Waals surface area contributed by atoms with Crippen molar-refractivity contribution in [2.24, 2.45) is 0 Å². The Bertz CT molecular complexity index is 2090. The third kappa shape index (κ3) is 5.36. The standard InChI is InChI=1S/C25H21N3.C14H14N.Ir/c1-2-3-13-26-14-15-27(17-26)18-11-12-20-22-9-6-8-21-19-7-4-5-10-23(19)28(25(21)22)24(20)16-18;1-10-4-6-13(7-5-10)14-8-11(2)12(3)9-15-14;/h4-10,12,14-17H,2-3,13H2,1H3;4-6,8-9H,1-3H3;/q-2;-1;+3. The fraction of sp³-hybridized carbons (Fsp3) is 0.179. The van der Waals surface area contributed by atoms with Crippen LogP contribution in [0.15, 0.2) is 97.5 Å². The van der Waals surface area contributed by atoms with Crippen LogP contribution in [0, 0.1) is 39.6 Å². The van der Waals surface area contributed by atoms with Crippen molar-refractivity contribution in [1.82, 2.24) is 14.3 Å². The second-order valence-corrected chi connectivity index (χ2v) is 11.5. The van der Waals surface area contributed by atoms with Crippen LogP contribution >= 0.6 is 0 Å². The largest absolute Gasteiger partial charge is 3.00 e. The molecule has 1 aliphatic rings. The molecule has 0 bridgehead atoms. The van der Waals surface area contributed by atoms with Crippen molar-refractivity contribution in [3.8, 4) is 11.3 Å². The van der Waals surface area contributed by atoms with Crippen molar-refractivity contribution in [1.29, 1.82) is 0 Å². The van der Waals surface area contributed by atoms with E-state index in [9.17, 15) is 0 Å². The number of para-hydroxylation sites is 2. The molecule has 8 rings (SSSR count). The summed E-state index contributed by atoms with van der Waals surface area (Å²) in [6.45, 7) is 11.7. The van der Waals surface area contributed by atoms with E-state index in [2.05, 4.69) is 151 Å². The maximum absolute atomic E-state index is 4.41. The Labute approximate surface area is 273 Å². The predicted octanol–water partition coefficient (Wildman–Crippen LogP) is 9.62. The summed E-state index contributed by atoms with van der Waals surface area (Å²) in [6.07, 6.45) is 8.59. The van der Waals surface area contributed by atoms with Crippen LogP contribution in [-0.4, -0.2) is 20.8 Å². The molecule has 7 aromatic rings. The molecule has 0 amide bonds. The van der Waals surface area contributed by atoms with Crippen LogP contribution in [0.4, 0.5) is 5.69 Å². The number of benzene rings is 4. The van der Waals surface area contributed by atoms with Crippen LogP contribution in [0.2, 0.25) is 0 Å². The van der Waals surface area contributed by atoms with Gasteiger partial charge in [0.2, 0.25) is 0 Å². The summed E-state index contributed by atoms with van der Waals surface area (Å²) in [4.78, 5) is 8.83. The Morgan fingerprint density at radius 2 is 1.57 bits per heavy atom. The summed E-state index contributed by atoms with van der Waals surface area (Å²) in [6, 6.07) is 34.7. The fourth-order valence-corrected chi connectivity index (χ4v) is 5.95. The van der Waals surface area contributed by atoms with E-state index in [1.54, 1.807) is 0 Å². The van der Waals surface area contributed by atoms with E-state index >= 15 is 0 Å². The number of anilines is 1. The van der Waals surface area contributed by atoms with E-state index in [4.69, 9.17) is 0 Å². The van der Waals surface area contributed by atoms with Gasteiger partial charge in [-0.05, 0) is 61.9 Å². The molecule has 0 aliphatic carbocycles. The van der Waals surface area contributed by atoms with Crippen LogP contribution in [-0.2, 0) is 20.1 Å². The van der Waals surface area contributed by atoms with Crippen molar-refractivity contribution >= 4 is 43.8 Å². The molecule has 3 aromatic heterocycles. The summed E-state index contributed by atoms with van der Waals surface area (Å²) in [5.74, 6) is 0. The van der Waals surface area contributed by atoms with Crippen molar-refractivity contribution < 1.29 is 20.1 Å². The number of aryl methyl sites for hydroxylation is 3. The Morgan fingerprint density at radius 1 is 0.773 bits per heavy atom. The Hall–Kier alpha value is -4.18. The fourth-order valence-electron chi connectivity index (χ4n) is 5.95. The van der Waals surface area contributed by atoms with Gasteiger partial charge in [0.25, 0.3) is 0 Å². The first-order chi connectivity index (χ1) is 21.0. The number of nitrogens with zero attached hydrogens (tertiary/aromatic N) is 4. The van der Waals surface area contributed by atoms with Crippen molar-refractivity contribution in [2.75, 3.05) is 11.4 Å². The second-order valence-electron chi connectivity index (χ2n) is 11.5. The van der Waals surface area contributed by atoms with Crippen LogP contribution < -0.4 is 4.90 Å². The molecule has 5 heteroatoms. The van der Waals surface area contributed by atoms with Gasteiger partial charge in [-0.15, -0.1) is 52.5 Å². The monoisotopic (exact) mass is 752 g/mol. The zero-order valence-corrected chi connectivity index (χ0v) is 28.0. The molecule has 0 saturated heterocycles. The first kappa shape index (κ1) is 29.9. The van der Waals surface area contributed by atoms with E-state index in [1.807, 2.05) is 12.3 Å². The molecule has 44 heavy (non-hydrogen) atoms. The average Bonchev–Trinajstić information content (AvgIpc) is 3.74. The number of pyridine rings is 1. The van der Waals surface area contributed by atoms with Crippen LogP contribution in [0.3, 0.4) is 0 Å². The number of hydrogen-bond acceptors (Lipinski definition) is 3. The smallest absolute Gasteiger partial charge is 0.508 e. The van der Waals surface area contributed by atoms with Gasteiger partial charge in [-0.1, -0.05) is 73.8 Å². The van der Waals surface area contributed by atoms with Gasteiger partial charge in [0.05, 0.1) is 5.52 Å². The van der Waals surface area contributed by atoms with Crippen LogP contribution in [0.1, 0.15) is 36.5 Å². The topological polar surface area (TPSA) is 23.8 Å². The summed E-state index contributed by atoms with van der Waals surface area (Å²) in [5, 5.41) is 5.21. The minimum absolute atomic E-state index is 0. The SMILES string of the molecule is CCCCN1C=CN(c2[c-]cc3c4cccc5c6ccccc6n(c3c2)c54)[CH-]1.Cc1c[c-]c(-c2cc(C)c(C)cn2)cc1.[Ir+3]. The van der Waals surface area contributed by atoms with Gasteiger partial charge in [-0.25, -0.2) is 0 Å². The van der Waals surface area contributed by atoms with Crippen LogP contribution in [0.5, 0.6) is 0 Å². The third-order valence-corrected chi connectivity index (χ3v) is 8.50. The molecule has 0 radical (unpaired) electrons. The van der Waals surface area contributed by atoms with Gasteiger partial charge in [0.15, 0.2) is 0 Å². The van der Waals surface area contributed by atoms with Crippen molar-refractivity contribution in [3.63, 3.8) is 0 Å². The maximum Gasteiger partial charge on any atom is 3.00 e. The molecule has 0 unspecified atom stereocenters. The number of fused-ring (bicyclic) bond motifs is 6. The summed E-state index contributed by atoms with van der Waals surface area (Å²) in [7, 11) is 0. The molecule has 1 aliphatic heterocycles. The molecule has 0 N–H and O–H groups in total. The van der Waals surface area contributed by atoms with Gasteiger partial charge in [0, 0.05) is 22.5 Å². The van der Waals surface area contributed by atoms with Gasteiger partial charge < -0.3 is 19.2 Å². The van der Waals surface area contributed by atoms with E-state index < -0.39 is 0 Å². The number of unbranched alkanes of at least 4 members (excludes halogenated alkanes) is 1. The normalized spacial score (nSPS) is 12.8. The van der Waals surface area contributed by atoms with E-state index in [1.165, 1.54) is 67.6 Å². The minimum atomic E-state index is 0. The second kappa shape index (κ2) is 12.4. The molecule has 4 aromatic carbocycles. The maximum atomic E-state index is 4.41. The summed E-state index contributed by atoms with van der Waals surface area (Å²) in [5.41, 5.74) is 10.7. The quantitative estimate of drug-likeness (QED) is 0.164. The van der Waals surface area contributed by atoms with Gasteiger partial charge >= 0.3 is 20.1 Å². The van der Waals surface area contributed by atoms with E-state index in [0.717, 1.165) is 23.5 Å². The predicted molar refractivity (Wildman–Crippen MR) is 180 cm³/mol. The summed E-state index contributed by atoms with van der Waals surface area (Å²) < 4.78 is 2.42. The minimum Gasteiger partial charge on any atom is -0.508 e. The first-order valence-corrected chi connectivity index (χ1v) is 15.1. The average molecular weight is 752 g/mol. The van der Waals surface area contributed by atoms with Gasteiger partial charge in [0.1, 0.15) is 0 Å². The number of hydrogen-bond donors (Lipinski definition) is 0. The Morgan fingerprint density at radius 3 is 2.34 bits per heavy atom. The molecule has 0 atom stereocenters. The van der Waals surface area contributed by atoms with Crippen molar-refractivity contribution in [3.05, 3.63) is 133 Å². The van der Waals surface area contributed by atoms with E-state index in [-0.39, 0.29) is 20.1 Å². The molecular weight excluding hydrogens is 717 g/mol. The molecule has 220 valence electrons. The van der Waals surface area contributed by atoms with E-state index in [0.29, 0.717) is 0 Å². The Balaban J connectivity index is 0.000000183. The molecule has 4 heterocycles. The molecule has 0 fully saturated rings. The first-order valence-electron chi connectivity index (χ1n) is 15.1. The number of rotatable bonds is 5. The molecule has 0 spiro atoms. The van der Waals surface area contributed by atoms with Gasteiger partial charge in [-0.2, -0.15) is 18.8 Å².